The van der Waals surface area contributed by atoms with E-state index >= 15 is 0 Å². The van der Waals surface area contributed by atoms with Crippen molar-refractivity contribution >= 4 is 23.0 Å². The number of esters is 1. The number of hydrogen-bond donors (Lipinski definition) is 4. The summed E-state index contributed by atoms with van der Waals surface area (Å²) in [6.07, 6.45) is -0.0832. The molecule has 1 fully saturated rings. The Morgan fingerprint density at radius 2 is 2.24 bits per heavy atom. The van der Waals surface area contributed by atoms with Gasteiger partial charge in [0.15, 0.2) is 5.65 Å². The SMILES string of the molecule is CC(C)(C)C(=O)O[C@H]1CC(n2cc(C#CCN)c3c(=O)[nH]c(N)nc32)OC1CO. The van der Waals surface area contributed by atoms with Crippen molar-refractivity contribution in [3.05, 3.63) is 22.1 Å². The van der Waals surface area contributed by atoms with E-state index < -0.39 is 35.4 Å². The highest BCUT2D eigenvalue weighted by atomic mass is 16.6. The molecule has 0 amide bonds. The number of nitrogens with one attached hydrogen (secondary N) is 1. The lowest BCUT2D eigenvalue weighted by molar-refractivity contribution is -0.162. The molecule has 0 aromatic carbocycles. The second-order valence-corrected chi connectivity index (χ2v) is 7.85. The van der Waals surface area contributed by atoms with Gasteiger partial charge in [-0.15, -0.1) is 0 Å². The number of H-pyrrole nitrogens is 1. The number of nitrogens with two attached hydrogens (primary N) is 2. The van der Waals surface area contributed by atoms with Crippen molar-refractivity contribution in [1.82, 2.24) is 14.5 Å². The van der Waals surface area contributed by atoms with Crippen molar-refractivity contribution in [2.45, 2.75) is 45.6 Å². The largest absolute Gasteiger partial charge is 0.459 e. The van der Waals surface area contributed by atoms with Crippen molar-refractivity contribution in [2.75, 3.05) is 18.9 Å². The lowest BCUT2D eigenvalue weighted by Gasteiger charge is -2.22. The normalized spacial score (nSPS) is 21.8. The number of aromatic amines is 1. The fourth-order valence-electron chi connectivity index (χ4n) is 3.11. The summed E-state index contributed by atoms with van der Waals surface area (Å²) in [5, 5.41) is 9.95. The molecule has 3 heterocycles. The molecule has 3 atom stereocenters. The Kier molecular flexibility index (Phi) is 5.66. The van der Waals surface area contributed by atoms with Crippen molar-refractivity contribution in [1.29, 1.82) is 0 Å². The maximum absolute atomic E-state index is 12.4. The molecule has 29 heavy (non-hydrogen) atoms. The van der Waals surface area contributed by atoms with Gasteiger partial charge in [-0.3, -0.25) is 14.6 Å². The molecule has 0 saturated carbocycles. The second kappa shape index (κ2) is 7.87. The molecule has 1 saturated heterocycles. The van der Waals surface area contributed by atoms with Crippen LogP contribution in [0.2, 0.25) is 0 Å². The Hall–Kier alpha value is -2.87. The predicted molar refractivity (Wildman–Crippen MR) is 106 cm³/mol. The van der Waals surface area contributed by atoms with Crippen LogP contribution in [-0.2, 0) is 14.3 Å². The second-order valence-electron chi connectivity index (χ2n) is 7.85. The Morgan fingerprint density at radius 3 is 2.86 bits per heavy atom. The highest BCUT2D eigenvalue weighted by Gasteiger charge is 2.41. The van der Waals surface area contributed by atoms with Gasteiger partial charge in [0.25, 0.3) is 5.56 Å². The molecule has 10 heteroatoms. The first kappa shape index (κ1) is 20.9. The Labute approximate surface area is 167 Å². The molecule has 10 nitrogen and oxygen atoms in total. The van der Waals surface area contributed by atoms with Gasteiger partial charge in [-0.25, -0.2) is 0 Å². The molecule has 2 unspecified atom stereocenters. The quantitative estimate of drug-likeness (QED) is 0.407. The number of ether oxygens (including phenoxy) is 2. The number of nitrogen functional groups attached to an aromatic ring is 1. The molecule has 0 bridgehead atoms. The molecule has 3 rings (SSSR count). The van der Waals surface area contributed by atoms with Gasteiger partial charge in [-0.2, -0.15) is 4.98 Å². The fraction of sp³-hybridized carbons (Fsp3) is 0.526. The number of aromatic nitrogens is 3. The van der Waals surface area contributed by atoms with Crippen molar-refractivity contribution < 1.29 is 19.4 Å². The average Bonchev–Trinajstić information content (AvgIpc) is 3.20. The van der Waals surface area contributed by atoms with E-state index in [0.717, 1.165) is 0 Å². The summed E-state index contributed by atoms with van der Waals surface area (Å²) in [5.74, 6) is 5.13. The smallest absolute Gasteiger partial charge is 0.311 e. The number of anilines is 1. The number of carbonyl (C=O) groups is 1. The molecule has 1 aliphatic heterocycles. The van der Waals surface area contributed by atoms with E-state index in [1.54, 1.807) is 31.5 Å². The minimum Gasteiger partial charge on any atom is -0.459 e. The van der Waals surface area contributed by atoms with Crippen LogP contribution >= 0.6 is 0 Å². The number of carbonyl (C=O) groups excluding carboxylic acids is 1. The van der Waals surface area contributed by atoms with Crippen LogP contribution in [0.3, 0.4) is 0 Å². The minimum absolute atomic E-state index is 0.0485. The van der Waals surface area contributed by atoms with Crippen molar-refractivity contribution in [3.8, 4) is 11.8 Å². The predicted octanol–water partition coefficient (Wildman–Crippen LogP) is -0.145. The summed E-state index contributed by atoms with van der Waals surface area (Å²) in [5.41, 5.74) is 10.8. The van der Waals surface area contributed by atoms with Gasteiger partial charge in [0, 0.05) is 12.6 Å². The number of rotatable bonds is 3. The summed E-state index contributed by atoms with van der Waals surface area (Å²) in [6.45, 7) is 5.05. The van der Waals surface area contributed by atoms with Gasteiger partial charge >= 0.3 is 5.97 Å². The highest BCUT2D eigenvalue weighted by Crippen LogP contribution is 2.34. The third-order valence-corrected chi connectivity index (χ3v) is 4.57. The molecular weight excluding hydrogens is 378 g/mol. The Morgan fingerprint density at radius 1 is 1.52 bits per heavy atom. The van der Waals surface area contributed by atoms with Gasteiger partial charge < -0.3 is 30.6 Å². The van der Waals surface area contributed by atoms with Crippen LogP contribution in [-0.4, -0.2) is 51.0 Å². The molecule has 156 valence electrons. The van der Waals surface area contributed by atoms with E-state index in [2.05, 4.69) is 21.8 Å². The molecular formula is C19H25N5O5. The van der Waals surface area contributed by atoms with E-state index in [9.17, 15) is 14.7 Å². The van der Waals surface area contributed by atoms with Gasteiger partial charge in [-0.1, -0.05) is 11.8 Å². The third-order valence-electron chi connectivity index (χ3n) is 4.57. The zero-order valence-corrected chi connectivity index (χ0v) is 16.6. The molecule has 0 spiro atoms. The third kappa shape index (κ3) is 4.12. The topological polar surface area (TPSA) is 158 Å². The van der Waals surface area contributed by atoms with Crippen LogP contribution in [0.1, 0.15) is 39.0 Å². The maximum atomic E-state index is 12.4. The van der Waals surface area contributed by atoms with Gasteiger partial charge in [0.1, 0.15) is 18.4 Å². The monoisotopic (exact) mass is 403 g/mol. The van der Waals surface area contributed by atoms with Crippen LogP contribution in [0, 0.1) is 17.3 Å². The van der Waals surface area contributed by atoms with Crippen LogP contribution in [0.4, 0.5) is 5.95 Å². The summed E-state index contributed by atoms with van der Waals surface area (Å²) < 4.78 is 13.1. The zero-order chi connectivity index (χ0) is 21.3. The number of nitrogens with zero attached hydrogens (tertiary/aromatic N) is 2. The van der Waals surface area contributed by atoms with Crippen LogP contribution in [0.25, 0.3) is 11.0 Å². The molecule has 2 aromatic heterocycles. The summed E-state index contributed by atoms with van der Waals surface area (Å²) in [4.78, 5) is 31.4. The van der Waals surface area contributed by atoms with Gasteiger partial charge in [-0.05, 0) is 20.8 Å². The highest BCUT2D eigenvalue weighted by molar-refractivity contribution is 5.83. The first-order chi connectivity index (χ1) is 13.7. The van der Waals surface area contributed by atoms with E-state index in [4.69, 9.17) is 20.9 Å². The van der Waals surface area contributed by atoms with Crippen molar-refractivity contribution in [3.63, 3.8) is 0 Å². The summed E-state index contributed by atoms with van der Waals surface area (Å²) >= 11 is 0. The lowest BCUT2D eigenvalue weighted by Crippen LogP contribution is -2.34. The van der Waals surface area contributed by atoms with Crippen LogP contribution in [0.5, 0.6) is 0 Å². The lowest BCUT2D eigenvalue weighted by atomic mass is 9.97. The molecule has 2 aromatic rings. The standard InChI is InChI=1S/C19H25N5O5/c1-19(2,3)17(27)29-11-7-13(28-12(11)9-25)24-8-10(5-4-6-20)14-15(24)22-18(21)23-16(14)26/h8,11-13,25H,6-7,9,20H2,1-3H3,(H3,21,22,23,26)/t11-,12?,13?/m0/s1. The Balaban J connectivity index is 2.00. The fourth-order valence-corrected chi connectivity index (χ4v) is 3.11. The number of aliphatic hydroxyl groups is 1. The number of hydrogen-bond acceptors (Lipinski definition) is 8. The maximum Gasteiger partial charge on any atom is 0.311 e. The van der Waals surface area contributed by atoms with E-state index in [0.29, 0.717) is 5.56 Å². The summed E-state index contributed by atoms with van der Waals surface area (Å²) in [6, 6.07) is 0. The zero-order valence-electron chi connectivity index (χ0n) is 16.6. The Bertz CT molecular complexity index is 1040. The van der Waals surface area contributed by atoms with E-state index in [-0.39, 0.29) is 36.6 Å². The molecule has 0 radical (unpaired) electrons. The van der Waals surface area contributed by atoms with Crippen LogP contribution < -0.4 is 17.0 Å². The van der Waals surface area contributed by atoms with E-state index in [1.807, 2.05) is 0 Å². The molecule has 6 N–H and O–H groups in total. The van der Waals surface area contributed by atoms with Crippen molar-refractivity contribution in [2.24, 2.45) is 11.1 Å². The van der Waals surface area contributed by atoms with E-state index in [1.165, 1.54) is 0 Å². The molecule has 1 aliphatic rings. The van der Waals surface area contributed by atoms with Gasteiger partial charge in [0.2, 0.25) is 5.95 Å². The minimum atomic E-state index is -0.707. The first-order valence-electron chi connectivity index (χ1n) is 9.22. The molecule has 0 aliphatic carbocycles. The first-order valence-corrected chi connectivity index (χ1v) is 9.22. The van der Waals surface area contributed by atoms with Gasteiger partial charge in [0.05, 0.1) is 29.5 Å². The summed E-state index contributed by atoms with van der Waals surface area (Å²) in [7, 11) is 0. The average molecular weight is 403 g/mol. The number of fused-ring (bicyclic) bond motifs is 1. The van der Waals surface area contributed by atoms with Crippen LogP contribution in [0.15, 0.2) is 11.0 Å². The number of aliphatic hydroxyl groups excluding tert-OH is 1.